The molecule has 0 saturated carbocycles. The van der Waals surface area contributed by atoms with Crippen LogP contribution in [0.5, 0.6) is 0 Å². The van der Waals surface area contributed by atoms with Crippen molar-refractivity contribution in [3.63, 3.8) is 0 Å². The molecule has 2 nitrogen and oxygen atoms in total. The predicted octanol–water partition coefficient (Wildman–Crippen LogP) is 3.68. The lowest BCUT2D eigenvalue weighted by molar-refractivity contribution is 0.235. The molecule has 0 aromatic heterocycles. The van der Waals surface area contributed by atoms with Gasteiger partial charge in [-0.15, -0.1) is 0 Å². The van der Waals surface area contributed by atoms with Crippen LogP contribution in [0.2, 0.25) is 0 Å². The summed E-state index contributed by atoms with van der Waals surface area (Å²) in [6, 6.07) is 8.07. The lowest BCUT2D eigenvalue weighted by atomic mass is 10.0. The van der Waals surface area contributed by atoms with Crippen LogP contribution < -0.4 is 5.32 Å². The Bertz CT molecular complexity index is 441. The maximum absolute atomic E-state index is 3.67. The van der Waals surface area contributed by atoms with Gasteiger partial charge >= 0.3 is 0 Å². The third kappa shape index (κ3) is 3.62. The molecular weight excluding hydrogens is 244 g/mol. The van der Waals surface area contributed by atoms with E-state index >= 15 is 0 Å². The average molecular weight is 274 g/mol. The summed E-state index contributed by atoms with van der Waals surface area (Å²) in [6.45, 7) is 14.7. The summed E-state index contributed by atoms with van der Waals surface area (Å²) in [5.74, 6) is 0.840. The van der Waals surface area contributed by atoms with Crippen molar-refractivity contribution in [3.8, 4) is 0 Å². The van der Waals surface area contributed by atoms with Crippen molar-refractivity contribution in [1.29, 1.82) is 0 Å². The number of hydrogen-bond donors (Lipinski definition) is 1. The number of nitrogens with zero attached hydrogens (tertiary/aromatic N) is 1. The molecule has 1 aliphatic rings. The van der Waals surface area contributed by atoms with E-state index in [1.807, 2.05) is 0 Å². The van der Waals surface area contributed by atoms with Crippen LogP contribution >= 0.6 is 0 Å². The molecule has 0 spiro atoms. The number of rotatable bonds is 5. The number of likely N-dealkylation sites (tertiary alicyclic amines) is 1. The molecule has 2 rings (SSSR count). The zero-order chi connectivity index (χ0) is 14.7. The molecule has 0 radical (unpaired) electrons. The minimum Gasteiger partial charge on any atom is -0.309 e. The van der Waals surface area contributed by atoms with Gasteiger partial charge in [-0.3, -0.25) is 4.90 Å². The Balaban J connectivity index is 2.12. The molecule has 1 heterocycles. The van der Waals surface area contributed by atoms with E-state index in [1.165, 1.54) is 29.7 Å². The van der Waals surface area contributed by atoms with Crippen LogP contribution in [0.25, 0.3) is 0 Å². The van der Waals surface area contributed by atoms with Gasteiger partial charge in [0.2, 0.25) is 0 Å². The zero-order valence-corrected chi connectivity index (χ0v) is 13.7. The average Bonchev–Trinajstić information content (AvgIpc) is 2.71. The number of nitrogens with one attached hydrogen (secondary N) is 1. The summed E-state index contributed by atoms with van der Waals surface area (Å²) in [7, 11) is 0. The Hall–Kier alpha value is -0.860. The van der Waals surface area contributed by atoms with E-state index in [4.69, 9.17) is 0 Å². The van der Waals surface area contributed by atoms with Crippen molar-refractivity contribution in [2.45, 2.75) is 53.1 Å². The first kappa shape index (κ1) is 15.5. The third-order valence-corrected chi connectivity index (χ3v) is 4.71. The summed E-state index contributed by atoms with van der Waals surface area (Å²) < 4.78 is 0. The van der Waals surface area contributed by atoms with Gasteiger partial charge in [0.1, 0.15) is 0 Å². The second-order valence-electron chi connectivity index (χ2n) is 6.60. The van der Waals surface area contributed by atoms with E-state index in [0.29, 0.717) is 6.04 Å². The van der Waals surface area contributed by atoms with Crippen LogP contribution in [0.3, 0.4) is 0 Å². The Morgan fingerprint density at radius 2 is 2.00 bits per heavy atom. The van der Waals surface area contributed by atoms with Crippen molar-refractivity contribution in [1.82, 2.24) is 10.2 Å². The molecule has 112 valence electrons. The molecule has 1 aromatic rings. The fraction of sp³-hybridized carbons (Fsp3) is 0.667. The second kappa shape index (κ2) is 6.73. The summed E-state index contributed by atoms with van der Waals surface area (Å²) in [5, 5.41) is 3.67. The maximum Gasteiger partial charge on any atom is 0.0449 e. The van der Waals surface area contributed by atoms with Gasteiger partial charge in [-0.25, -0.2) is 0 Å². The summed E-state index contributed by atoms with van der Waals surface area (Å²) in [4.78, 5) is 2.65. The van der Waals surface area contributed by atoms with Crippen LogP contribution in [0.15, 0.2) is 18.2 Å². The fourth-order valence-electron chi connectivity index (χ4n) is 3.39. The molecule has 1 aliphatic heterocycles. The van der Waals surface area contributed by atoms with E-state index in [0.717, 1.165) is 25.0 Å². The highest BCUT2D eigenvalue weighted by Crippen LogP contribution is 2.26. The second-order valence-corrected chi connectivity index (χ2v) is 6.60. The van der Waals surface area contributed by atoms with Crippen LogP contribution in [0, 0.1) is 19.8 Å². The van der Waals surface area contributed by atoms with Gasteiger partial charge < -0.3 is 5.32 Å². The predicted molar refractivity (Wildman–Crippen MR) is 87.1 cm³/mol. The minimum atomic E-state index is 0.451. The normalized spacial score (nSPS) is 25.1. The summed E-state index contributed by atoms with van der Waals surface area (Å²) >= 11 is 0. The van der Waals surface area contributed by atoms with Crippen molar-refractivity contribution >= 4 is 0 Å². The summed E-state index contributed by atoms with van der Waals surface area (Å²) in [5.41, 5.74) is 4.21. The van der Waals surface area contributed by atoms with Crippen LogP contribution in [0.1, 0.15) is 49.9 Å². The lowest BCUT2D eigenvalue weighted by Gasteiger charge is -2.28. The molecule has 0 bridgehead atoms. The Morgan fingerprint density at radius 3 is 2.55 bits per heavy atom. The number of likely N-dealkylation sites (N-methyl/N-ethyl adjacent to an activating group) is 1. The van der Waals surface area contributed by atoms with Gasteiger partial charge in [0.05, 0.1) is 0 Å². The molecule has 1 N–H and O–H groups in total. The smallest absolute Gasteiger partial charge is 0.0449 e. The Labute approximate surface area is 124 Å². The quantitative estimate of drug-likeness (QED) is 0.881. The first-order valence-corrected chi connectivity index (χ1v) is 8.05. The first-order chi connectivity index (χ1) is 9.51. The van der Waals surface area contributed by atoms with Gasteiger partial charge in [-0.1, -0.05) is 32.0 Å². The molecule has 0 amide bonds. The number of aryl methyl sites for hydroxylation is 2. The highest BCUT2D eigenvalue weighted by atomic mass is 15.2. The molecule has 3 atom stereocenters. The number of hydrogen-bond acceptors (Lipinski definition) is 2. The van der Waals surface area contributed by atoms with Gasteiger partial charge in [0.25, 0.3) is 0 Å². The molecule has 1 fully saturated rings. The Morgan fingerprint density at radius 1 is 1.25 bits per heavy atom. The van der Waals surface area contributed by atoms with Crippen molar-refractivity contribution < 1.29 is 0 Å². The highest BCUT2D eigenvalue weighted by molar-refractivity contribution is 5.32. The lowest BCUT2D eigenvalue weighted by Crippen LogP contribution is -2.37. The topological polar surface area (TPSA) is 15.3 Å². The van der Waals surface area contributed by atoms with Crippen LogP contribution in [-0.4, -0.2) is 30.6 Å². The van der Waals surface area contributed by atoms with Crippen molar-refractivity contribution in [2.75, 3.05) is 19.6 Å². The summed E-state index contributed by atoms with van der Waals surface area (Å²) in [6.07, 6.45) is 1.34. The van der Waals surface area contributed by atoms with Crippen molar-refractivity contribution in [3.05, 3.63) is 34.9 Å². The molecule has 3 unspecified atom stereocenters. The molecule has 2 heteroatoms. The molecule has 1 aromatic carbocycles. The monoisotopic (exact) mass is 274 g/mol. The Kier molecular flexibility index (Phi) is 5.22. The van der Waals surface area contributed by atoms with Gasteiger partial charge in [0, 0.05) is 25.2 Å². The zero-order valence-electron chi connectivity index (χ0n) is 13.7. The fourth-order valence-corrected chi connectivity index (χ4v) is 3.39. The highest BCUT2D eigenvalue weighted by Gasteiger charge is 2.28. The standard InChI is InChI=1S/C18H30N2/c1-6-19-18(12-20-11-13(2)9-16(20)5)17-8-7-14(3)15(4)10-17/h7-8,10,13,16,18-19H,6,9,11-12H2,1-5H3. The molecule has 0 aliphatic carbocycles. The third-order valence-electron chi connectivity index (χ3n) is 4.71. The SMILES string of the molecule is CCNC(CN1CC(C)CC1C)c1ccc(C)c(C)c1. The van der Waals surface area contributed by atoms with Crippen molar-refractivity contribution in [2.24, 2.45) is 5.92 Å². The molecule has 20 heavy (non-hydrogen) atoms. The molecule has 1 saturated heterocycles. The van der Waals surface area contributed by atoms with E-state index in [1.54, 1.807) is 0 Å². The largest absolute Gasteiger partial charge is 0.309 e. The molecular formula is C18H30N2. The van der Waals surface area contributed by atoms with Crippen LogP contribution in [0.4, 0.5) is 0 Å². The van der Waals surface area contributed by atoms with E-state index in [-0.39, 0.29) is 0 Å². The van der Waals surface area contributed by atoms with Gasteiger partial charge in [-0.2, -0.15) is 0 Å². The van der Waals surface area contributed by atoms with Crippen LogP contribution in [-0.2, 0) is 0 Å². The minimum absolute atomic E-state index is 0.451. The number of benzene rings is 1. The first-order valence-electron chi connectivity index (χ1n) is 8.05. The maximum atomic E-state index is 3.67. The van der Waals surface area contributed by atoms with Gasteiger partial charge in [-0.05, 0) is 56.3 Å². The van der Waals surface area contributed by atoms with Gasteiger partial charge in [0.15, 0.2) is 0 Å². The van der Waals surface area contributed by atoms with E-state index in [9.17, 15) is 0 Å². The van der Waals surface area contributed by atoms with E-state index < -0.39 is 0 Å². The van der Waals surface area contributed by atoms with E-state index in [2.05, 4.69) is 63.0 Å².